The van der Waals surface area contributed by atoms with Crippen LogP contribution in [0.4, 0.5) is 0 Å². The molecule has 0 bridgehead atoms. The topological polar surface area (TPSA) is 73.8 Å². The Hall–Kier alpha value is -1.53. The minimum absolute atomic E-state index is 0.373. The summed E-state index contributed by atoms with van der Waals surface area (Å²) in [5.41, 5.74) is 0.647. The van der Waals surface area contributed by atoms with Gasteiger partial charge in [0.2, 0.25) is 5.16 Å². The van der Waals surface area contributed by atoms with E-state index in [9.17, 15) is 4.79 Å². The molecule has 0 radical (unpaired) electrons. The van der Waals surface area contributed by atoms with E-state index in [4.69, 9.17) is 17.4 Å². The van der Waals surface area contributed by atoms with Gasteiger partial charge in [-0.3, -0.25) is 4.79 Å². The van der Waals surface area contributed by atoms with E-state index in [-0.39, 0.29) is 5.56 Å². The molecule has 0 aliphatic heterocycles. The lowest BCUT2D eigenvalue weighted by atomic mass is 10.2. The highest BCUT2D eigenvalue weighted by atomic mass is 35.5. The Labute approximate surface area is 107 Å². The van der Waals surface area contributed by atoms with E-state index in [0.29, 0.717) is 15.9 Å². The quantitative estimate of drug-likeness (QED) is 0.671. The highest BCUT2D eigenvalue weighted by molar-refractivity contribution is 7.98. The van der Waals surface area contributed by atoms with Gasteiger partial charge in [-0.25, -0.2) is 0 Å². The molecule has 0 spiro atoms. The fourth-order valence-corrected chi connectivity index (χ4v) is 2.23. The number of nitrogen functional groups attached to an aromatic ring is 1. The third kappa shape index (κ3) is 2.98. The van der Waals surface area contributed by atoms with Gasteiger partial charge in [-0.1, -0.05) is 35.5 Å². The zero-order valence-corrected chi connectivity index (χ0v) is 10.3. The van der Waals surface area contributed by atoms with Crippen LogP contribution in [0.15, 0.2) is 40.4 Å². The predicted octanol–water partition coefficient (Wildman–Crippen LogP) is 1.30. The van der Waals surface area contributed by atoms with Crippen LogP contribution in [0.5, 0.6) is 0 Å². The third-order valence-corrected chi connectivity index (χ3v) is 3.26. The predicted molar refractivity (Wildman–Crippen MR) is 67.5 cm³/mol. The Morgan fingerprint density at radius 1 is 1.47 bits per heavy atom. The largest absolute Gasteiger partial charge is 0.334 e. The van der Waals surface area contributed by atoms with E-state index in [1.807, 2.05) is 18.2 Å². The average molecular weight is 269 g/mol. The smallest absolute Gasteiger partial charge is 0.291 e. The third-order valence-electron chi connectivity index (χ3n) is 2.01. The summed E-state index contributed by atoms with van der Waals surface area (Å²) in [6.07, 6.45) is 1.07. The van der Waals surface area contributed by atoms with Gasteiger partial charge in [-0.15, -0.1) is 5.10 Å². The summed E-state index contributed by atoms with van der Waals surface area (Å²) >= 11 is 7.19. The Balaban J connectivity index is 2.13. The first-order valence-electron chi connectivity index (χ1n) is 4.74. The van der Waals surface area contributed by atoms with Gasteiger partial charge in [0, 0.05) is 10.8 Å². The molecule has 1 aromatic carbocycles. The van der Waals surface area contributed by atoms with Crippen molar-refractivity contribution in [2.24, 2.45) is 0 Å². The number of thioether (sulfide) groups is 1. The van der Waals surface area contributed by atoms with Crippen LogP contribution in [0, 0.1) is 0 Å². The Kier molecular flexibility index (Phi) is 3.65. The molecule has 5 nitrogen and oxygen atoms in total. The highest BCUT2D eigenvalue weighted by Crippen LogP contribution is 2.20. The number of hydrogen-bond acceptors (Lipinski definition) is 5. The first kappa shape index (κ1) is 11.9. The lowest BCUT2D eigenvalue weighted by Gasteiger charge is -2.04. The zero-order valence-electron chi connectivity index (χ0n) is 8.71. The molecule has 0 aliphatic rings. The molecule has 0 fully saturated rings. The molecular weight excluding hydrogens is 260 g/mol. The maximum absolute atomic E-state index is 11.2. The van der Waals surface area contributed by atoms with Crippen molar-refractivity contribution in [3.63, 3.8) is 0 Å². The number of rotatable bonds is 3. The van der Waals surface area contributed by atoms with E-state index in [0.717, 1.165) is 16.4 Å². The number of nitrogens with zero attached hydrogens (tertiary/aromatic N) is 3. The summed E-state index contributed by atoms with van der Waals surface area (Å²) in [4.78, 5) is 11.2. The van der Waals surface area contributed by atoms with Gasteiger partial charge in [-0.05, 0) is 17.7 Å². The van der Waals surface area contributed by atoms with Gasteiger partial charge >= 0.3 is 0 Å². The lowest BCUT2D eigenvalue weighted by Crippen LogP contribution is -2.29. The molecule has 1 aromatic heterocycles. The second-order valence-electron chi connectivity index (χ2n) is 3.25. The summed E-state index contributed by atoms with van der Waals surface area (Å²) in [5.74, 6) is 6.15. The number of aromatic nitrogens is 3. The number of halogens is 1. The van der Waals surface area contributed by atoms with Gasteiger partial charge in [0.1, 0.15) is 6.20 Å². The Bertz CT molecular complexity index is 587. The van der Waals surface area contributed by atoms with Crippen LogP contribution in [-0.4, -0.2) is 14.9 Å². The Morgan fingerprint density at radius 3 is 3.06 bits per heavy atom. The van der Waals surface area contributed by atoms with Crippen LogP contribution in [0.2, 0.25) is 5.02 Å². The van der Waals surface area contributed by atoms with Crippen LogP contribution in [-0.2, 0) is 5.75 Å². The minimum Gasteiger partial charge on any atom is -0.334 e. The van der Waals surface area contributed by atoms with Crippen LogP contribution in [0.3, 0.4) is 0 Å². The summed E-state index contributed by atoms with van der Waals surface area (Å²) in [6, 6.07) is 7.46. The van der Waals surface area contributed by atoms with Crippen LogP contribution in [0.1, 0.15) is 5.56 Å². The Morgan fingerprint density at radius 2 is 2.29 bits per heavy atom. The minimum atomic E-state index is -0.381. The van der Waals surface area contributed by atoms with Gasteiger partial charge in [0.15, 0.2) is 0 Å². The molecule has 2 N–H and O–H groups in total. The van der Waals surface area contributed by atoms with Crippen molar-refractivity contribution in [1.82, 2.24) is 14.9 Å². The summed E-state index contributed by atoms with van der Waals surface area (Å²) in [5, 5.41) is 8.41. The molecule has 0 unspecified atom stereocenters. The molecule has 17 heavy (non-hydrogen) atoms. The molecule has 2 aromatic rings. The van der Waals surface area contributed by atoms with Gasteiger partial charge < -0.3 is 5.84 Å². The highest BCUT2D eigenvalue weighted by Gasteiger charge is 2.04. The summed E-state index contributed by atoms with van der Waals surface area (Å²) in [7, 11) is 0. The SMILES string of the molecule is Nn1c(SCc2cccc(Cl)c2)nncc1=O. The summed E-state index contributed by atoms with van der Waals surface area (Å²) < 4.78 is 0.974. The molecule has 88 valence electrons. The second-order valence-corrected chi connectivity index (χ2v) is 4.63. The maximum Gasteiger partial charge on any atom is 0.291 e. The number of nitrogens with two attached hydrogens (primary N) is 1. The van der Waals surface area contributed by atoms with Gasteiger partial charge in [-0.2, -0.15) is 9.77 Å². The fraction of sp³-hybridized carbons (Fsp3) is 0.100. The van der Waals surface area contributed by atoms with Crippen LogP contribution >= 0.6 is 23.4 Å². The van der Waals surface area contributed by atoms with Crippen LogP contribution in [0.25, 0.3) is 0 Å². The van der Waals surface area contributed by atoms with Crippen molar-refractivity contribution in [2.45, 2.75) is 10.9 Å². The normalized spacial score (nSPS) is 10.4. The van der Waals surface area contributed by atoms with Crippen molar-refractivity contribution in [3.05, 3.63) is 51.4 Å². The van der Waals surface area contributed by atoms with E-state index in [1.165, 1.54) is 11.8 Å². The van der Waals surface area contributed by atoms with E-state index in [1.54, 1.807) is 6.07 Å². The number of hydrogen-bond donors (Lipinski definition) is 1. The summed E-state index contributed by atoms with van der Waals surface area (Å²) in [6.45, 7) is 0. The molecule has 1 heterocycles. The molecule has 0 amide bonds. The number of benzene rings is 1. The van der Waals surface area contributed by atoms with E-state index in [2.05, 4.69) is 10.2 Å². The molecule has 0 atom stereocenters. The molecule has 0 saturated heterocycles. The zero-order chi connectivity index (χ0) is 12.3. The molecule has 0 saturated carbocycles. The van der Waals surface area contributed by atoms with E-state index < -0.39 is 0 Å². The molecular formula is C10H9ClN4OS. The van der Waals surface area contributed by atoms with Crippen molar-refractivity contribution >= 4 is 23.4 Å². The van der Waals surface area contributed by atoms with Crippen molar-refractivity contribution in [2.75, 3.05) is 5.84 Å². The molecule has 7 heteroatoms. The van der Waals surface area contributed by atoms with E-state index >= 15 is 0 Å². The standard InChI is InChI=1S/C10H9ClN4OS/c11-8-3-1-2-7(4-8)6-17-10-14-13-5-9(16)15(10)12/h1-5H,6,12H2. The van der Waals surface area contributed by atoms with Crippen molar-refractivity contribution < 1.29 is 0 Å². The lowest BCUT2D eigenvalue weighted by molar-refractivity contribution is 0.698. The molecule has 0 aliphatic carbocycles. The first-order valence-corrected chi connectivity index (χ1v) is 6.10. The van der Waals surface area contributed by atoms with Crippen molar-refractivity contribution in [3.8, 4) is 0 Å². The average Bonchev–Trinajstić information content (AvgIpc) is 2.31. The second kappa shape index (κ2) is 5.20. The monoisotopic (exact) mass is 268 g/mol. The maximum atomic E-state index is 11.2. The van der Waals surface area contributed by atoms with Crippen molar-refractivity contribution in [1.29, 1.82) is 0 Å². The molecule has 2 rings (SSSR count). The van der Waals surface area contributed by atoms with Gasteiger partial charge in [0.25, 0.3) is 5.56 Å². The first-order chi connectivity index (χ1) is 8.16. The van der Waals surface area contributed by atoms with Gasteiger partial charge in [0.05, 0.1) is 0 Å². The van der Waals surface area contributed by atoms with Crippen LogP contribution < -0.4 is 11.4 Å². The fourth-order valence-electron chi connectivity index (χ4n) is 1.21.